The Morgan fingerprint density at radius 2 is 2.19 bits per heavy atom. The number of amides is 3. The standard InChI is InChI=1S/C20H27N3O3/c1-3-12-23-18(24)9-5-10-20(23)11-6-13-22(15-20)19(25)21-16-7-4-8-17(14-16)26-2/h3-4,7-8,14H,1,5-6,9-13,15H2,2H3,(H,21,25)/t20-/m1/s1. The second-order valence-corrected chi connectivity index (χ2v) is 7.06. The van der Waals surface area contributed by atoms with E-state index in [9.17, 15) is 9.59 Å². The van der Waals surface area contributed by atoms with E-state index < -0.39 is 0 Å². The number of ether oxygens (including phenoxy) is 1. The SMILES string of the molecule is C=CCN1C(=O)CCC[C@]12CCCN(C(=O)Nc1cccc(OC)c1)C2. The molecule has 1 aromatic rings. The van der Waals surface area contributed by atoms with Crippen molar-refractivity contribution < 1.29 is 14.3 Å². The molecule has 140 valence electrons. The van der Waals surface area contributed by atoms with Crippen LogP contribution in [0.25, 0.3) is 0 Å². The normalized spacial score (nSPS) is 23.0. The third-order valence-electron chi connectivity index (χ3n) is 5.38. The molecule has 1 atom stereocenters. The maximum Gasteiger partial charge on any atom is 0.321 e. The maximum atomic E-state index is 12.8. The van der Waals surface area contributed by atoms with Gasteiger partial charge in [0.1, 0.15) is 5.75 Å². The number of benzene rings is 1. The van der Waals surface area contributed by atoms with E-state index in [0.717, 1.165) is 25.7 Å². The zero-order valence-corrected chi connectivity index (χ0v) is 15.4. The number of likely N-dealkylation sites (tertiary alicyclic amines) is 2. The largest absolute Gasteiger partial charge is 0.497 e. The Morgan fingerprint density at radius 1 is 1.38 bits per heavy atom. The van der Waals surface area contributed by atoms with E-state index in [0.29, 0.717) is 37.5 Å². The molecule has 0 radical (unpaired) electrons. The van der Waals surface area contributed by atoms with Crippen LogP contribution in [0.3, 0.4) is 0 Å². The molecule has 2 saturated heterocycles. The van der Waals surface area contributed by atoms with E-state index >= 15 is 0 Å². The smallest absolute Gasteiger partial charge is 0.321 e. The molecule has 0 unspecified atom stereocenters. The molecule has 1 spiro atoms. The van der Waals surface area contributed by atoms with Crippen LogP contribution in [0.15, 0.2) is 36.9 Å². The van der Waals surface area contributed by atoms with Crippen molar-refractivity contribution >= 4 is 17.6 Å². The van der Waals surface area contributed by atoms with Crippen LogP contribution in [0.2, 0.25) is 0 Å². The Balaban J connectivity index is 1.73. The summed E-state index contributed by atoms with van der Waals surface area (Å²) >= 11 is 0. The number of carbonyl (C=O) groups excluding carboxylic acids is 2. The van der Waals surface area contributed by atoms with Gasteiger partial charge in [0.2, 0.25) is 5.91 Å². The van der Waals surface area contributed by atoms with Crippen LogP contribution in [0, 0.1) is 0 Å². The van der Waals surface area contributed by atoms with Crippen LogP contribution in [-0.4, -0.2) is 54.0 Å². The molecule has 1 N–H and O–H groups in total. The number of rotatable bonds is 4. The molecule has 1 aromatic carbocycles. The summed E-state index contributed by atoms with van der Waals surface area (Å²) in [6.45, 7) is 5.61. The summed E-state index contributed by atoms with van der Waals surface area (Å²) in [5.41, 5.74) is 0.449. The van der Waals surface area contributed by atoms with Gasteiger partial charge < -0.3 is 19.9 Å². The molecular weight excluding hydrogens is 330 g/mol. The van der Waals surface area contributed by atoms with E-state index in [4.69, 9.17) is 4.74 Å². The van der Waals surface area contributed by atoms with E-state index in [1.54, 1.807) is 19.3 Å². The molecule has 26 heavy (non-hydrogen) atoms. The minimum atomic E-state index is -0.256. The molecule has 2 aliphatic rings. The molecule has 0 aromatic heterocycles. The lowest BCUT2D eigenvalue weighted by Crippen LogP contribution is -2.63. The second-order valence-electron chi connectivity index (χ2n) is 7.06. The van der Waals surface area contributed by atoms with Crippen LogP contribution in [0.1, 0.15) is 32.1 Å². The molecule has 0 aliphatic carbocycles. The fourth-order valence-corrected chi connectivity index (χ4v) is 4.14. The fraction of sp³-hybridized carbons (Fsp3) is 0.500. The summed E-state index contributed by atoms with van der Waals surface area (Å²) in [4.78, 5) is 29.0. The van der Waals surface area contributed by atoms with Gasteiger partial charge in [0.05, 0.1) is 12.6 Å². The molecule has 3 rings (SSSR count). The average molecular weight is 357 g/mol. The monoisotopic (exact) mass is 357 g/mol. The molecule has 0 saturated carbocycles. The number of urea groups is 1. The lowest BCUT2D eigenvalue weighted by atomic mass is 9.79. The maximum absolute atomic E-state index is 12.8. The number of anilines is 1. The van der Waals surface area contributed by atoms with Crippen LogP contribution in [0.5, 0.6) is 5.75 Å². The van der Waals surface area contributed by atoms with Gasteiger partial charge in [-0.25, -0.2) is 4.79 Å². The van der Waals surface area contributed by atoms with Crippen molar-refractivity contribution in [1.82, 2.24) is 9.80 Å². The topological polar surface area (TPSA) is 61.9 Å². The van der Waals surface area contributed by atoms with Crippen molar-refractivity contribution in [2.45, 2.75) is 37.6 Å². The number of nitrogens with one attached hydrogen (secondary N) is 1. The highest BCUT2D eigenvalue weighted by molar-refractivity contribution is 5.89. The average Bonchev–Trinajstić information content (AvgIpc) is 2.65. The summed E-state index contributed by atoms with van der Waals surface area (Å²) in [6.07, 6.45) is 6.03. The van der Waals surface area contributed by atoms with Gasteiger partial charge in [0.25, 0.3) is 0 Å². The third kappa shape index (κ3) is 3.69. The Hall–Kier alpha value is -2.50. The van der Waals surface area contributed by atoms with E-state index in [1.807, 2.05) is 28.0 Å². The molecule has 3 amide bonds. The molecule has 2 heterocycles. The van der Waals surface area contributed by atoms with Gasteiger partial charge in [-0.1, -0.05) is 12.1 Å². The van der Waals surface area contributed by atoms with Gasteiger partial charge >= 0.3 is 6.03 Å². The summed E-state index contributed by atoms with van der Waals surface area (Å²) < 4.78 is 5.21. The number of hydrogen-bond donors (Lipinski definition) is 1. The number of carbonyl (C=O) groups is 2. The molecule has 6 nitrogen and oxygen atoms in total. The van der Waals surface area contributed by atoms with Crippen LogP contribution >= 0.6 is 0 Å². The number of hydrogen-bond acceptors (Lipinski definition) is 3. The van der Waals surface area contributed by atoms with Gasteiger partial charge in [-0.05, 0) is 37.8 Å². The van der Waals surface area contributed by atoms with Crippen molar-refractivity contribution in [3.8, 4) is 5.75 Å². The van der Waals surface area contributed by atoms with Crippen LogP contribution in [0.4, 0.5) is 10.5 Å². The Kier molecular flexibility index (Phi) is 5.49. The van der Waals surface area contributed by atoms with Gasteiger partial charge in [0, 0.05) is 37.8 Å². The van der Waals surface area contributed by atoms with Gasteiger partial charge in [0.15, 0.2) is 0 Å². The number of nitrogens with zero attached hydrogens (tertiary/aromatic N) is 2. The Morgan fingerprint density at radius 3 is 2.96 bits per heavy atom. The van der Waals surface area contributed by atoms with Crippen molar-refractivity contribution in [2.24, 2.45) is 0 Å². The predicted octanol–water partition coefficient (Wildman–Crippen LogP) is 3.26. The second kappa shape index (κ2) is 7.81. The van der Waals surface area contributed by atoms with Gasteiger partial charge in [-0.15, -0.1) is 6.58 Å². The zero-order valence-electron chi connectivity index (χ0n) is 15.4. The highest BCUT2D eigenvalue weighted by atomic mass is 16.5. The van der Waals surface area contributed by atoms with Gasteiger partial charge in [-0.3, -0.25) is 4.79 Å². The molecule has 2 fully saturated rings. The Labute approximate surface area is 154 Å². The van der Waals surface area contributed by atoms with Crippen molar-refractivity contribution in [3.63, 3.8) is 0 Å². The molecule has 6 heteroatoms. The van der Waals surface area contributed by atoms with E-state index in [1.165, 1.54) is 0 Å². The number of piperidine rings is 2. The summed E-state index contributed by atoms with van der Waals surface area (Å²) in [6, 6.07) is 7.19. The molecule has 2 aliphatic heterocycles. The van der Waals surface area contributed by atoms with Crippen LogP contribution in [-0.2, 0) is 4.79 Å². The van der Waals surface area contributed by atoms with E-state index in [-0.39, 0.29) is 17.5 Å². The third-order valence-corrected chi connectivity index (χ3v) is 5.38. The quantitative estimate of drug-likeness (QED) is 0.842. The lowest BCUT2D eigenvalue weighted by Gasteiger charge is -2.51. The minimum absolute atomic E-state index is 0.131. The highest BCUT2D eigenvalue weighted by Gasteiger charge is 2.45. The highest BCUT2D eigenvalue weighted by Crippen LogP contribution is 2.36. The number of methoxy groups -OCH3 is 1. The summed E-state index contributed by atoms with van der Waals surface area (Å²) in [5.74, 6) is 0.874. The Bertz CT molecular complexity index is 687. The van der Waals surface area contributed by atoms with Crippen LogP contribution < -0.4 is 10.1 Å². The minimum Gasteiger partial charge on any atom is -0.497 e. The molecule has 0 bridgehead atoms. The first kappa shape index (κ1) is 18.3. The van der Waals surface area contributed by atoms with E-state index in [2.05, 4.69) is 11.9 Å². The first-order valence-electron chi connectivity index (χ1n) is 9.19. The zero-order chi connectivity index (χ0) is 18.6. The molecular formula is C20H27N3O3. The predicted molar refractivity (Wildman–Crippen MR) is 101 cm³/mol. The fourth-order valence-electron chi connectivity index (χ4n) is 4.14. The first-order valence-corrected chi connectivity index (χ1v) is 9.19. The summed E-state index contributed by atoms with van der Waals surface area (Å²) in [7, 11) is 1.60. The van der Waals surface area contributed by atoms with Crippen molar-refractivity contribution in [1.29, 1.82) is 0 Å². The van der Waals surface area contributed by atoms with Crippen molar-refractivity contribution in [3.05, 3.63) is 36.9 Å². The van der Waals surface area contributed by atoms with Crippen molar-refractivity contribution in [2.75, 3.05) is 32.1 Å². The van der Waals surface area contributed by atoms with Gasteiger partial charge in [-0.2, -0.15) is 0 Å². The lowest BCUT2D eigenvalue weighted by molar-refractivity contribution is -0.143. The summed E-state index contributed by atoms with van der Waals surface area (Å²) in [5, 5.41) is 2.95. The first-order chi connectivity index (χ1) is 12.6.